The molecule has 0 rings (SSSR count). The van der Waals surface area contributed by atoms with Crippen molar-refractivity contribution in [3.63, 3.8) is 0 Å². The van der Waals surface area contributed by atoms with Crippen molar-refractivity contribution >= 4 is 22.9 Å². The van der Waals surface area contributed by atoms with E-state index >= 15 is 0 Å². The molecule has 4 nitrogen and oxygen atoms in total. The van der Waals surface area contributed by atoms with Gasteiger partial charge in [-0.1, -0.05) is 0 Å². The van der Waals surface area contributed by atoms with E-state index in [4.69, 9.17) is 5.41 Å². The SMILES string of the molecule is CN/N=C(\C=N)[S+]=O. The molecule has 0 aromatic rings. The summed E-state index contributed by atoms with van der Waals surface area (Å²) in [6, 6.07) is 0. The zero-order valence-corrected chi connectivity index (χ0v) is 5.16. The van der Waals surface area contributed by atoms with Crippen molar-refractivity contribution in [3.05, 3.63) is 0 Å². The van der Waals surface area contributed by atoms with E-state index < -0.39 is 0 Å². The third-order valence-corrected chi connectivity index (χ3v) is 0.811. The quantitative estimate of drug-likeness (QED) is 0.232. The number of rotatable bonds is 2. The van der Waals surface area contributed by atoms with Gasteiger partial charge in [0.25, 0.3) is 0 Å². The summed E-state index contributed by atoms with van der Waals surface area (Å²) in [5.74, 6) is 0. The number of hydrogen-bond donors (Lipinski definition) is 2. The Balaban J connectivity index is 3.85. The summed E-state index contributed by atoms with van der Waals surface area (Å²) in [5, 5.41) is 10.1. The van der Waals surface area contributed by atoms with Crippen LogP contribution < -0.4 is 5.43 Å². The Kier molecular flexibility index (Phi) is 3.87. The van der Waals surface area contributed by atoms with E-state index in [0.717, 1.165) is 6.21 Å². The van der Waals surface area contributed by atoms with Crippen molar-refractivity contribution in [1.29, 1.82) is 5.41 Å². The summed E-state index contributed by atoms with van der Waals surface area (Å²) in [7, 11) is 1.57. The molecule has 0 amide bonds. The predicted octanol–water partition coefficient (Wildman–Crippen LogP) is -0.403. The molecule has 0 atom stereocenters. The van der Waals surface area contributed by atoms with E-state index in [9.17, 15) is 4.21 Å². The molecular weight excluding hydrogens is 126 g/mol. The van der Waals surface area contributed by atoms with Crippen LogP contribution in [0.15, 0.2) is 5.10 Å². The first-order chi connectivity index (χ1) is 3.85. The number of hydrazone groups is 1. The minimum absolute atomic E-state index is 0.132. The third-order valence-electron chi connectivity index (χ3n) is 0.431. The Morgan fingerprint density at radius 2 is 2.62 bits per heavy atom. The standard InChI is InChI=1S/C3H6N3OS/c1-5-6-3(2-4)8-7/h2,4-5H,1H3/q+1/b4-2?,6-3+. The van der Waals surface area contributed by atoms with E-state index in [1.807, 2.05) is 0 Å². The molecule has 0 spiro atoms. The predicted molar refractivity (Wildman–Crippen MR) is 33.3 cm³/mol. The second kappa shape index (κ2) is 4.32. The first-order valence-electron chi connectivity index (χ1n) is 1.90. The molecule has 0 saturated heterocycles. The molecule has 0 unspecified atom stereocenters. The summed E-state index contributed by atoms with van der Waals surface area (Å²) in [6.45, 7) is 0. The molecule has 0 aliphatic rings. The van der Waals surface area contributed by atoms with E-state index in [2.05, 4.69) is 10.5 Å². The van der Waals surface area contributed by atoms with Gasteiger partial charge in [-0.3, -0.25) is 0 Å². The van der Waals surface area contributed by atoms with Crippen LogP contribution in [-0.2, 0) is 15.9 Å². The minimum atomic E-state index is 0.132. The largest absolute Gasteiger partial charge is 0.530 e. The Morgan fingerprint density at radius 3 is 2.75 bits per heavy atom. The normalized spacial score (nSPS) is 10.4. The van der Waals surface area contributed by atoms with Crippen LogP contribution in [0.25, 0.3) is 0 Å². The molecule has 0 aromatic carbocycles. The van der Waals surface area contributed by atoms with Crippen LogP contribution in [0.4, 0.5) is 0 Å². The highest BCUT2D eigenvalue weighted by Gasteiger charge is 2.07. The molecule has 0 bridgehead atoms. The average molecular weight is 132 g/mol. The molecular formula is C3H6N3OS+. The Labute approximate surface area is 51.0 Å². The third kappa shape index (κ3) is 2.35. The van der Waals surface area contributed by atoms with Gasteiger partial charge in [-0.05, 0) is 0 Å². The van der Waals surface area contributed by atoms with E-state index in [1.54, 1.807) is 7.05 Å². The van der Waals surface area contributed by atoms with Crippen molar-refractivity contribution in [2.24, 2.45) is 5.10 Å². The van der Waals surface area contributed by atoms with Gasteiger partial charge in [-0.15, -0.1) is 5.10 Å². The zero-order valence-electron chi connectivity index (χ0n) is 4.34. The first-order valence-corrected chi connectivity index (χ1v) is 2.64. The van der Waals surface area contributed by atoms with Gasteiger partial charge in [0.15, 0.2) is 0 Å². The molecule has 0 radical (unpaired) electrons. The Bertz CT molecular complexity index is 112. The molecule has 44 valence electrons. The highest BCUT2D eigenvalue weighted by atomic mass is 32.1. The highest BCUT2D eigenvalue weighted by molar-refractivity contribution is 7.85. The van der Waals surface area contributed by atoms with Gasteiger partial charge in [0, 0.05) is 11.3 Å². The van der Waals surface area contributed by atoms with Crippen LogP contribution in [0.5, 0.6) is 0 Å². The van der Waals surface area contributed by atoms with Gasteiger partial charge in [0.05, 0.1) is 0 Å². The minimum Gasteiger partial charge on any atom is -0.308 e. The van der Waals surface area contributed by atoms with Crippen molar-refractivity contribution in [1.82, 2.24) is 5.43 Å². The lowest BCUT2D eigenvalue weighted by molar-refractivity contribution is 0.609. The second-order valence-electron chi connectivity index (χ2n) is 0.901. The van der Waals surface area contributed by atoms with Crippen molar-refractivity contribution in [2.75, 3.05) is 7.05 Å². The molecule has 5 heteroatoms. The fourth-order valence-electron chi connectivity index (χ4n) is 0.185. The van der Waals surface area contributed by atoms with Gasteiger partial charge in [-0.2, -0.15) is 0 Å². The fourth-order valence-corrected chi connectivity index (χ4v) is 0.362. The number of nitrogens with one attached hydrogen (secondary N) is 2. The molecule has 0 aliphatic heterocycles. The zero-order chi connectivity index (χ0) is 6.41. The maximum Gasteiger partial charge on any atom is 0.530 e. The van der Waals surface area contributed by atoms with E-state index in [-0.39, 0.29) is 16.7 Å². The van der Waals surface area contributed by atoms with Crippen molar-refractivity contribution in [2.45, 2.75) is 0 Å². The molecule has 0 saturated carbocycles. The lowest BCUT2D eigenvalue weighted by Gasteiger charge is -1.75. The molecule has 0 fully saturated rings. The van der Waals surface area contributed by atoms with Gasteiger partial charge >= 0.3 is 16.7 Å². The van der Waals surface area contributed by atoms with Gasteiger partial charge < -0.3 is 10.8 Å². The highest BCUT2D eigenvalue weighted by Crippen LogP contribution is 1.64. The number of hydrogen-bond acceptors (Lipinski definition) is 4. The summed E-state index contributed by atoms with van der Waals surface area (Å²) in [6.07, 6.45) is 0.897. The second-order valence-corrected chi connectivity index (χ2v) is 1.49. The average Bonchev–Trinajstić information content (AvgIpc) is 1.83. The molecule has 0 heterocycles. The van der Waals surface area contributed by atoms with Gasteiger partial charge in [-0.25, -0.2) is 0 Å². The topological polar surface area (TPSA) is 65.3 Å². The maximum absolute atomic E-state index is 9.85. The lowest BCUT2D eigenvalue weighted by atomic mass is 10.8. The summed E-state index contributed by atoms with van der Waals surface area (Å²) in [5.41, 5.74) is 2.39. The van der Waals surface area contributed by atoms with E-state index in [0.29, 0.717) is 0 Å². The monoisotopic (exact) mass is 132 g/mol. The molecule has 0 aliphatic carbocycles. The maximum atomic E-state index is 9.85. The van der Waals surface area contributed by atoms with Crippen LogP contribution in [0.3, 0.4) is 0 Å². The van der Waals surface area contributed by atoms with Crippen molar-refractivity contribution < 1.29 is 4.21 Å². The molecule has 0 aromatic heterocycles. The van der Waals surface area contributed by atoms with Gasteiger partial charge in [0.2, 0.25) is 0 Å². The molecule has 2 N–H and O–H groups in total. The van der Waals surface area contributed by atoms with E-state index in [1.165, 1.54) is 0 Å². The number of nitrogens with zero attached hydrogens (tertiary/aromatic N) is 1. The van der Waals surface area contributed by atoms with Crippen LogP contribution in [0, 0.1) is 5.41 Å². The van der Waals surface area contributed by atoms with Gasteiger partial charge in [0.1, 0.15) is 6.21 Å². The van der Waals surface area contributed by atoms with Crippen molar-refractivity contribution in [3.8, 4) is 0 Å². The Morgan fingerprint density at radius 1 is 2.00 bits per heavy atom. The van der Waals surface area contributed by atoms with Crippen LogP contribution in [-0.4, -0.2) is 18.3 Å². The van der Waals surface area contributed by atoms with Crippen LogP contribution in [0.2, 0.25) is 0 Å². The first kappa shape index (κ1) is 7.16. The summed E-state index contributed by atoms with van der Waals surface area (Å²) < 4.78 is 9.85. The summed E-state index contributed by atoms with van der Waals surface area (Å²) in [4.78, 5) is 0. The van der Waals surface area contributed by atoms with Crippen LogP contribution >= 0.6 is 0 Å². The Hall–Kier alpha value is -0.840. The smallest absolute Gasteiger partial charge is 0.308 e. The molecule has 8 heavy (non-hydrogen) atoms. The summed E-state index contributed by atoms with van der Waals surface area (Å²) >= 11 is 0.189. The lowest BCUT2D eigenvalue weighted by Crippen LogP contribution is -2.03. The van der Waals surface area contributed by atoms with Crippen LogP contribution in [0.1, 0.15) is 0 Å². The fraction of sp³-hybridized carbons (Fsp3) is 0.333.